The zero-order valence-electron chi connectivity index (χ0n) is 21.5. The summed E-state index contributed by atoms with van der Waals surface area (Å²) in [4.78, 5) is 27.4. The number of anilines is 1. The summed E-state index contributed by atoms with van der Waals surface area (Å²) < 4.78 is 0. The number of aryl methyl sites for hydroxylation is 1. The smallest absolute Gasteiger partial charge is 0.249 e. The lowest BCUT2D eigenvalue weighted by atomic mass is 9.90. The van der Waals surface area contributed by atoms with Crippen LogP contribution in [0, 0.1) is 6.92 Å². The van der Waals surface area contributed by atoms with Crippen molar-refractivity contribution in [1.29, 1.82) is 0 Å². The van der Waals surface area contributed by atoms with Crippen LogP contribution in [0.3, 0.4) is 0 Å². The van der Waals surface area contributed by atoms with Crippen molar-refractivity contribution in [3.8, 4) is 10.6 Å². The molecule has 0 spiro atoms. The van der Waals surface area contributed by atoms with E-state index in [0.717, 1.165) is 27.8 Å². The van der Waals surface area contributed by atoms with Crippen molar-refractivity contribution in [2.45, 2.75) is 25.3 Å². The van der Waals surface area contributed by atoms with Gasteiger partial charge in [0.05, 0.1) is 5.92 Å². The zero-order chi connectivity index (χ0) is 27.0. The van der Waals surface area contributed by atoms with Crippen molar-refractivity contribution in [1.82, 2.24) is 15.5 Å². The predicted octanol–water partition coefficient (Wildman–Crippen LogP) is 6.01. The maximum Gasteiger partial charge on any atom is 0.249 e. The third kappa shape index (κ3) is 6.64. The van der Waals surface area contributed by atoms with Gasteiger partial charge in [-0.3, -0.25) is 14.9 Å². The van der Waals surface area contributed by atoms with E-state index in [9.17, 15) is 9.59 Å². The minimum absolute atomic E-state index is 0.249. The van der Waals surface area contributed by atoms with Crippen molar-refractivity contribution in [3.05, 3.63) is 138 Å². The van der Waals surface area contributed by atoms with Gasteiger partial charge in [0.1, 0.15) is 11.0 Å². The van der Waals surface area contributed by atoms with Gasteiger partial charge in [-0.05, 0) is 29.7 Å². The van der Waals surface area contributed by atoms with Crippen LogP contribution in [-0.2, 0) is 16.0 Å². The number of hydrogen-bond acceptors (Lipinski definition) is 5. The fourth-order valence-electron chi connectivity index (χ4n) is 4.46. The second-order valence-corrected chi connectivity index (χ2v) is 10.3. The van der Waals surface area contributed by atoms with Gasteiger partial charge in [-0.2, -0.15) is 0 Å². The fraction of sp³-hybridized carbons (Fsp3) is 0.125. The molecule has 0 radical (unpaired) electrons. The highest BCUT2D eigenvalue weighted by molar-refractivity contribution is 7.18. The average molecular weight is 533 g/mol. The molecule has 5 aromatic rings. The molecule has 5 rings (SSSR count). The molecule has 0 aliphatic rings. The van der Waals surface area contributed by atoms with Gasteiger partial charge in [-0.25, -0.2) is 0 Å². The molecule has 0 saturated heterocycles. The van der Waals surface area contributed by atoms with Crippen LogP contribution in [0.4, 0.5) is 5.13 Å². The molecule has 1 aromatic heterocycles. The molecular formula is C32H28N4O2S. The highest BCUT2D eigenvalue weighted by atomic mass is 32.1. The van der Waals surface area contributed by atoms with Gasteiger partial charge in [-0.1, -0.05) is 126 Å². The van der Waals surface area contributed by atoms with Crippen molar-refractivity contribution >= 4 is 28.3 Å². The number of nitrogens with one attached hydrogen (secondary N) is 2. The number of hydrogen-bond donors (Lipinski definition) is 2. The third-order valence-electron chi connectivity index (χ3n) is 6.36. The normalized spacial score (nSPS) is 11.6. The van der Waals surface area contributed by atoms with E-state index < -0.39 is 12.0 Å². The second-order valence-electron chi connectivity index (χ2n) is 9.28. The van der Waals surface area contributed by atoms with E-state index in [4.69, 9.17) is 0 Å². The summed E-state index contributed by atoms with van der Waals surface area (Å²) in [5.74, 6) is -1.16. The molecule has 4 aromatic carbocycles. The molecule has 0 fully saturated rings. The Bertz CT molecular complexity index is 1500. The van der Waals surface area contributed by atoms with Crippen molar-refractivity contribution in [2.24, 2.45) is 0 Å². The van der Waals surface area contributed by atoms with E-state index in [1.165, 1.54) is 11.3 Å². The molecule has 6 nitrogen and oxygen atoms in total. The van der Waals surface area contributed by atoms with Gasteiger partial charge < -0.3 is 5.32 Å². The van der Waals surface area contributed by atoms with Crippen LogP contribution in [0.15, 0.2) is 115 Å². The van der Waals surface area contributed by atoms with Gasteiger partial charge in [0.25, 0.3) is 0 Å². The molecule has 2 N–H and O–H groups in total. The molecule has 1 unspecified atom stereocenters. The second kappa shape index (κ2) is 12.3. The minimum Gasteiger partial charge on any atom is -0.343 e. The van der Waals surface area contributed by atoms with Gasteiger partial charge in [0.15, 0.2) is 0 Å². The zero-order valence-corrected chi connectivity index (χ0v) is 22.3. The summed E-state index contributed by atoms with van der Waals surface area (Å²) in [7, 11) is 0. The van der Waals surface area contributed by atoms with Crippen LogP contribution in [0.25, 0.3) is 10.6 Å². The van der Waals surface area contributed by atoms with E-state index in [1.807, 2.05) is 122 Å². The number of nitrogens with zero attached hydrogens (tertiary/aromatic N) is 2. The summed E-state index contributed by atoms with van der Waals surface area (Å²) in [6.45, 7) is 2.02. The number of carbonyl (C=O) groups excluding carboxylic acids is 2. The predicted molar refractivity (Wildman–Crippen MR) is 156 cm³/mol. The van der Waals surface area contributed by atoms with E-state index in [1.54, 1.807) is 0 Å². The summed E-state index contributed by atoms with van der Waals surface area (Å²) in [6, 6.07) is 36.0. The third-order valence-corrected chi connectivity index (χ3v) is 7.25. The van der Waals surface area contributed by atoms with Crippen molar-refractivity contribution in [2.75, 3.05) is 5.32 Å². The van der Waals surface area contributed by atoms with Crippen LogP contribution in [0.2, 0.25) is 0 Å². The topological polar surface area (TPSA) is 84.0 Å². The Hall–Kier alpha value is -4.62. The molecule has 2 amide bonds. The Kier molecular flexibility index (Phi) is 8.19. The van der Waals surface area contributed by atoms with Gasteiger partial charge in [0.2, 0.25) is 16.9 Å². The maximum atomic E-state index is 13.8. The van der Waals surface area contributed by atoms with Crippen LogP contribution in [-0.4, -0.2) is 28.1 Å². The van der Waals surface area contributed by atoms with Gasteiger partial charge >= 0.3 is 0 Å². The SMILES string of the molecule is Cc1cccc(-c2nnc(NC(=O)C(Cc3ccccc3)NC(=O)C(c3ccccc3)c3ccccc3)s2)c1. The number of rotatable bonds is 9. The van der Waals surface area contributed by atoms with E-state index in [-0.39, 0.29) is 11.8 Å². The largest absolute Gasteiger partial charge is 0.343 e. The summed E-state index contributed by atoms with van der Waals surface area (Å²) >= 11 is 1.30. The Labute approximate surface area is 231 Å². The molecule has 1 atom stereocenters. The molecule has 0 saturated carbocycles. The number of carbonyl (C=O) groups is 2. The summed E-state index contributed by atoms with van der Waals surface area (Å²) in [5, 5.41) is 15.5. The maximum absolute atomic E-state index is 13.8. The Morgan fingerprint density at radius 1 is 0.744 bits per heavy atom. The number of amides is 2. The quantitative estimate of drug-likeness (QED) is 0.243. The lowest BCUT2D eigenvalue weighted by Gasteiger charge is -2.23. The molecule has 0 bridgehead atoms. The van der Waals surface area contributed by atoms with Crippen LogP contribution < -0.4 is 10.6 Å². The molecular weight excluding hydrogens is 504 g/mol. The first-order valence-corrected chi connectivity index (χ1v) is 13.5. The lowest BCUT2D eigenvalue weighted by molar-refractivity contribution is -0.126. The minimum atomic E-state index is -0.818. The Morgan fingerprint density at radius 2 is 1.36 bits per heavy atom. The molecule has 1 heterocycles. The Morgan fingerprint density at radius 3 is 1.97 bits per heavy atom. The monoisotopic (exact) mass is 532 g/mol. The van der Waals surface area contributed by atoms with Crippen molar-refractivity contribution < 1.29 is 9.59 Å². The van der Waals surface area contributed by atoms with E-state index in [2.05, 4.69) is 20.8 Å². The molecule has 194 valence electrons. The summed E-state index contributed by atoms with van der Waals surface area (Å²) in [6.07, 6.45) is 0.332. The van der Waals surface area contributed by atoms with E-state index in [0.29, 0.717) is 16.6 Å². The highest BCUT2D eigenvalue weighted by Crippen LogP contribution is 2.28. The first-order chi connectivity index (χ1) is 19.1. The van der Waals surface area contributed by atoms with Gasteiger partial charge in [-0.15, -0.1) is 10.2 Å². The molecule has 0 aliphatic carbocycles. The van der Waals surface area contributed by atoms with Crippen LogP contribution in [0.1, 0.15) is 28.2 Å². The van der Waals surface area contributed by atoms with Crippen LogP contribution in [0.5, 0.6) is 0 Å². The van der Waals surface area contributed by atoms with Crippen LogP contribution >= 0.6 is 11.3 Å². The molecule has 39 heavy (non-hydrogen) atoms. The highest BCUT2D eigenvalue weighted by Gasteiger charge is 2.28. The fourth-order valence-corrected chi connectivity index (χ4v) is 5.20. The van der Waals surface area contributed by atoms with E-state index >= 15 is 0 Å². The van der Waals surface area contributed by atoms with Crippen molar-refractivity contribution in [3.63, 3.8) is 0 Å². The first-order valence-electron chi connectivity index (χ1n) is 12.7. The first kappa shape index (κ1) is 26.0. The molecule has 0 aliphatic heterocycles. The van der Waals surface area contributed by atoms with Gasteiger partial charge in [0, 0.05) is 12.0 Å². The lowest BCUT2D eigenvalue weighted by Crippen LogP contribution is -2.47. The Balaban J connectivity index is 1.40. The standard InChI is InChI=1S/C32H28N4O2S/c1-22-12-11-19-26(20-22)31-35-36-32(39-31)34-29(37)27(21-23-13-5-2-6-14-23)33-30(38)28(24-15-7-3-8-16-24)25-17-9-4-10-18-25/h2-20,27-28H,21H2,1H3,(H,33,38)(H,34,36,37). The average Bonchev–Trinajstić information content (AvgIpc) is 3.43. The molecule has 7 heteroatoms. The number of benzene rings is 4. The number of aromatic nitrogens is 2. The summed E-state index contributed by atoms with van der Waals surface area (Å²) in [5.41, 5.74) is 4.70.